The van der Waals surface area contributed by atoms with Crippen molar-refractivity contribution in [2.24, 2.45) is 0 Å². The van der Waals surface area contributed by atoms with Gasteiger partial charge in [-0.3, -0.25) is 0 Å². The van der Waals surface area contributed by atoms with Gasteiger partial charge in [0.1, 0.15) is 11.2 Å². The van der Waals surface area contributed by atoms with Crippen molar-refractivity contribution < 1.29 is 4.42 Å². The van der Waals surface area contributed by atoms with E-state index in [1.165, 1.54) is 66.3 Å². The molecule has 1 aliphatic carbocycles. The van der Waals surface area contributed by atoms with E-state index in [-0.39, 0.29) is 0 Å². The standard InChI is InChI=1S/C49H31NO/c1-3-13-34(14-4-1)49(35-15-5-2-6-16-35)43-30-33(32-24-28-48-42(29-32)41-19-9-12-22-47(41)51-48)23-26-37(43)38-27-25-36(31-44(38)49)50-45-20-10-7-17-39(45)40-18-8-11-21-46(40)50/h1-31H. The first-order valence-corrected chi connectivity index (χ1v) is 17.6. The number of para-hydroxylation sites is 3. The lowest BCUT2D eigenvalue weighted by Crippen LogP contribution is -2.28. The highest BCUT2D eigenvalue weighted by Crippen LogP contribution is 2.57. The molecule has 0 atom stereocenters. The van der Waals surface area contributed by atoms with Crippen LogP contribution in [-0.4, -0.2) is 4.57 Å². The van der Waals surface area contributed by atoms with Gasteiger partial charge in [-0.2, -0.15) is 0 Å². The van der Waals surface area contributed by atoms with Crippen LogP contribution in [0.4, 0.5) is 0 Å². The Kier molecular flexibility index (Phi) is 5.91. The van der Waals surface area contributed by atoms with Gasteiger partial charge in [-0.05, 0) is 93.0 Å². The monoisotopic (exact) mass is 649 g/mol. The zero-order valence-electron chi connectivity index (χ0n) is 27.8. The fourth-order valence-electron chi connectivity index (χ4n) is 8.90. The molecule has 2 aromatic heterocycles. The summed E-state index contributed by atoms with van der Waals surface area (Å²) in [5.74, 6) is 0. The first-order chi connectivity index (χ1) is 25.3. The molecule has 0 bridgehead atoms. The molecule has 0 radical (unpaired) electrons. The second-order valence-corrected chi connectivity index (χ2v) is 13.7. The second-order valence-electron chi connectivity index (χ2n) is 13.7. The Labute approximate surface area is 295 Å². The van der Waals surface area contributed by atoms with Crippen molar-refractivity contribution in [2.75, 3.05) is 0 Å². The molecule has 0 aliphatic heterocycles. The van der Waals surface area contributed by atoms with Crippen LogP contribution in [-0.2, 0) is 5.41 Å². The van der Waals surface area contributed by atoms with Crippen LogP contribution in [0.2, 0.25) is 0 Å². The molecule has 0 N–H and O–H groups in total. The molecule has 51 heavy (non-hydrogen) atoms. The fraction of sp³-hybridized carbons (Fsp3) is 0.0204. The number of benzene rings is 8. The van der Waals surface area contributed by atoms with Crippen LogP contribution in [0.25, 0.3) is 71.7 Å². The zero-order valence-corrected chi connectivity index (χ0v) is 27.8. The molecule has 11 rings (SSSR count). The molecule has 8 aromatic carbocycles. The number of aromatic nitrogens is 1. The Balaban J connectivity index is 1.20. The third-order valence-corrected chi connectivity index (χ3v) is 11.1. The van der Waals surface area contributed by atoms with Crippen molar-refractivity contribution in [3.8, 4) is 27.9 Å². The van der Waals surface area contributed by atoms with Crippen molar-refractivity contribution in [1.82, 2.24) is 4.57 Å². The van der Waals surface area contributed by atoms with Gasteiger partial charge in [-0.15, -0.1) is 0 Å². The van der Waals surface area contributed by atoms with Gasteiger partial charge in [-0.1, -0.05) is 140 Å². The molecule has 238 valence electrons. The van der Waals surface area contributed by atoms with Gasteiger partial charge in [0, 0.05) is 27.2 Å². The number of fused-ring (bicyclic) bond motifs is 9. The summed E-state index contributed by atoms with van der Waals surface area (Å²) in [6.45, 7) is 0. The van der Waals surface area contributed by atoms with E-state index < -0.39 is 5.41 Å². The minimum Gasteiger partial charge on any atom is -0.456 e. The van der Waals surface area contributed by atoms with E-state index in [2.05, 4.69) is 180 Å². The van der Waals surface area contributed by atoms with Crippen LogP contribution in [0.3, 0.4) is 0 Å². The summed E-state index contributed by atoms with van der Waals surface area (Å²) in [6.07, 6.45) is 0. The van der Waals surface area contributed by atoms with Gasteiger partial charge < -0.3 is 8.98 Å². The Morgan fingerprint density at radius 2 is 0.882 bits per heavy atom. The summed E-state index contributed by atoms with van der Waals surface area (Å²) in [5, 5.41) is 4.81. The molecule has 10 aromatic rings. The summed E-state index contributed by atoms with van der Waals surface area (Å²) in [7, 11) is 0. The summed E-state index contributed by atoms with van der Waals surface area (Å²) >= 11 is 0. The summed E-state index contributed by atoms with van der Waals surface area (Å²) < 4.78 is 8.64. The van der Waals surface area contributed by atoms with Gasteiger partial charge >= 0.3 is 0 Å². The van der Waals surface area contributed by atoms with E-state index in [0.29, 0.717) is 0 Å². The van der Waals surface area contributed by atoms with E-state index in [9.17, 15) is 0 Å². The van der Waals surface area contributed by atoms with Gasteiger partial charge in [0.25, 0.3) is 0 Å². The van der Waals surface area contributed by atoms with Gasteiger partial charge in [-0.25, -0.2) is 0 Å². The van der Waals surface area contributed by atoms with Crippen LogP contribution in [0.5, 0.6) is 0 Å². The van der Waals surface area contributed by atoms with E-state index in [4.69, 9.17) is 4.42 Å². The molecule has 0 amide bonds. The van der Waals surface area contributed by atoms with Crippen LogP contribution in [0.1, 0.15) is 22.3 Å². The number of nitrogens with zero attached hydrogens (tertiary/aromatic N) is 1. The highest BCUT2D eigenvalue weighted by molar-refractivity contribution is 6.09. The predicted molar refractivity (Wildman–Crippen MR) is 211 cm³/mol. The normalized spacial score (nSPS) is 13.3. The molecular formula is C49H31NO. The maximum Gasteiger partial charge on any atom is 0.135 e. The molecular weight excluding hydrogens is 619 g/mol. The van der Waals surface area contributed by atoms with Crippen molar-refractivity contribution in [3.05, 3.63) is 210 Å². The van der Waals surface area contributed by atoms with Gasteiger partial charge in [0.15, 0.2) is 0 Å². The molecule has 1 aliphatic rings. The zero-order chi connectivity index (χ0) is 33.5. The summed E-state index contributed by atoms with van der Waals surface area (Å²) in [6, 6.07) is 68.8. The molecule has 0 saturated heterocycles. The lowest BCUT2D eigenvalue weighted by molar-refractivity contribution is 0.669. The topological polar surface area (TPSA) is 18.1 Å². The van der Waals surface area contributed by atoms with Crippen molar-refractivity contribution in [3.63, 3.8) is 0 Å². The highest BCUT2D eigenvalue weighted by Gasteiger charge is 2.46. The lowest BCUT2D eigenvalue weighted by Gasteiger charge is -2.34. The summed E-state index contributed by atoms with van der Waals surface area (Å²) in [5.41, 5.74) is 14.9. The summed E-state index contributed by atoms with van der Waals surface area (Å²) in [4.78, 5) is 0. The molecule has 0 saturated carbocycles. The average Bonchev–Trinajstić information content (AvgIpc) is 3.84. The van der Waals surface area contributed by atoms with Gasteiger partial charge in [0.2, 0.25) is 0 Å². The Hall–Kier alpha value is -6.64. The van der Waals surface area contributed by atoms with Crippen molar-refractivity contribution in [1.29, 1.82) is 0 Å². The molecule has 2 heterocycles. The Morgan fingerprint density at radius 3 is 1.57 bits per heavy atom. The van der Waals surface area contributed by atoms with Crippen LogP contribution in [0.15, 0.2) is 192 Å². The highest BCUT2D eigenvalue weighted by atomic mass is 16.3. The van der Waals surface area contributed by atoms with Crippen LogP contribution < -0.4 is 0 Å². The van der Waals surface area contributed by atoms with Crippen molar-refractivity contribution in [2.45, 2.75) is 5.41 Å². The third-order valence-electron chi connectivity index (χ3n) is 11.1. The predicted octanol–water partition coefficient (Wildman–Crippen LogP) is 12.7. The van der Waals surface area contributed by atoms with Crippen molar-refractivity contribution >= 4 is 43.7 Å². The van der Waals surface area contributed by atoms with Crippen LogP contribution in [0, 0.1) is 0 Å². The number of hydrogen-bond acceptors (Lipinski definition) is 1. The number of hydrogen-bond donors (Lipinski definition) is 0. The molecule has 0 fully saturated rings. The fourth-order valence-corrected chi connectivity index (χ4v) is 8.90. The van der Waals surface area contributed by atoms with Gasteiger partial charge in [0.05, 0.1) is 16.4 Å². The minimum absolute atomic E-state index is 0.537. The molecule has 0 spiro atoms. The SMILES string of the molecule is c1ccc(C2(c3ccccc3)c3cc(-c4ccc5oc6ccccc6c5c4)ccc3-c3ccc(-n4c5ccccc5c5ccccc54)cc32)cc1. The third kappa shape index (κ3) is 3.93. The quantitative estimate of drug-likeness (QED) is 0.186. The van der Waals surface area contributed by atoms with E-state index >= 15 is 0 Å². The smallest absolute Gasteiger partial charge is 0.135 e. The van der Waals surface area contributed by atoms with E-state index in [0.717, 1.165) is 27.6 Å². The van der Waals surface area contributed by atoms with E-state index in [1.54, 1.807) is 0 Å². The minimum atomic E-state index is -0.537. The maximum absolute atomic E-state index is 6.20. The average molecular weight is 650 g/mol. The first kappa shape index (κ1) is 28.2. The second kappa shape index (κ2) is 10.7. The molecule has 2 nitrogen and oxygen atoms in total. The largest absolute Gasteiger partial charge is 0.456 e. The Bertz CT molecular complexity index is 2870. The maximum atomic E-state index is 6.20. The number of furan rings is 1. The van der Waals surface area contributed by atoms with E-state index in [1.807, 2.05) is 12.1 Å². The van der Waals surface area contributed by atoms with Crippen LogP contribution >= 0.6 is 0 Å². The first-order valence-electron chi connectivity index (χ1n) is 17.6. The number of rotatable bonds is 4. The lowest BCUT2D eigenvalue weighted by atomic mass is 9.67. The Morgan fingerprint density at radius 1 is 0.373 bits per heavy atom. The molecule has 0 unspecified atom stereocenters. The molecule has 2 heteroatoms.